The summed E-state index contributed by atoms with van der Waals surface area (Å²) in [5.74, 6) is 0. The van der Waals surface area contributed by atoms with Crippen molar-refractivity contribution >= 4 is 0 Å². The van der Waals surface area contributed by atoms with E-state index in [-0.39, 0.29) is 0 Å². The molecule has 0 atom stereocenters. The molecule has 2 N–H and O–H groups in total. The summed E-state index contributed by atoms with van der Waals surface area (Å²) in [5.41, 5.74) is 2.57. The van der Waals surface area contributed by atoms with Gasteiger partial charge in [0.05, 0.1) is 5.70 Å². The van der Waals surface area contributed by atoms with Gasteiger partial charge in [-0.05, 0) is 25.0 Å². The van der Waals surface area contributed by atoms with Gasteiger partial charge in [0.15, 0.2) is 0 Å². The summed E-state index contributed by atoms with van der Waals surface area (Å²) >= 11 is 0. The van der Waals surface area contributed by atoms with Crippen LogP contribution >= 0.6 is 0 Å². The second kappa shape index (κ2) is 2.82. The van der Waals surface area contributed by atoms with E-state index in [0.717, 1.165) is 13.0 Å². The van der Waals surface area contributed by atoms with Crippen molar-refractivity contribution in [2.45, 2.75) is 12.8 Å². The highest BCUT2D eigenvalue weighted by Gasteiger charge is 2.08. The van der Waals surface area contributed by atoms with Crippen molar-refractivity contribution in [3.8, 4) is 0 Å². The van der Waals surface area contributed by atoms with Crippen LogP contribution in [0.5, 0.6) is 0 Å². The molecule has 0 amide bonds. The van der Waals surface area contributed by atoms with E-state index in [1.165, 1.54) is 17.8 Å². The molecular formula is C9H12N2. The Labute approximate surface area is 66.7 Å². The number of allylic oxidation sites excluding steroid dienone is 4. The summed E-state index contributed by atoms with van der Waals surface area (Å²) in [4.78, 5) is 0. The van der Waals surface area contributed by atoms with E-state index in [2.05, 4.69) is 16.7 Å². The van der Waals surface area contributed by atoms with E-state index in [9.17, 15) is 0 Å². The van der Waals surface area contributed by atoms with Gasteiger partial charge in [0.2, 0.25) is 0 Å². The van der Waals surface area contributed by atoms with Crippen molar-refractivity contribution in [3.63, 3.8) is 0 Å². The second-order valence-electron chi connectivity index (χ2n) is 2.79. The van der Waals surface area contributed by atoms with Crippen LogP contribution in [0.2, 0.25) is 0 Å². The lowest BCUT2D eigenvalue weighted by molar-refractivity contribution is 0.650. The highest BCUT2D eigenvalue weighted by molar-refractivity contribution is 5.30. The number of hydrogen-bond donors (Lipinski definition) is 2. The predicted octanol–water partition coefficient (Wildman–Crippen LogP) is 1.25. The minimum Gasteiger partial charge on any atom is -0.384 e. The normalized spacial score (nSPS) is 21.8. The molecule has 11 heavy (non-hydrogen) atoms. The first-order valence-electron chi connectivity index (χ1n) is 4.03. The van der Waals surface area contributed by atoms with Crippen LogP contribution in [0.25, 0.3) is 0 Å². The molecule has 0 aromatic heterocycles. The summed E-state index contributed by atoms with van der Waals surface area (Å²) in [6.07, 6.45) is 10.6. The lowest BCUT2D eigenvalue weighted by atomic mass is 10.1. The Hall–Kier alpha value is -1.18. The van der Waals surface area contributed by atoms with E-state index < -0.39 is 0 Å². The Morgan fingerprint density at radius 1 is 1.27 bits per heavy atom. The lowest BCUT2D eigenvalue weighted by Crippen LogP contribution is -2.24. The molecule has 0 bridgehead atoms. The van der Waals surface area contributed by atoms with Gasteiger partial charge in [0.25, 0.3) is 0 Å². The number of hydrogen-bond acceptors (Lipinski definition) is 2. The fraction of sp³-hybridized carbons (Fsp3) is 0.333. The molecule has 2 nitrogen and oxygen atoms in total. The van der Waals surface area contributed by atoms with Gasteiger partial charge in [0.1, 0.15) is 0 Å². The first-order chi connectivity index (χ1) is 5.47. The molecule has 0 spiro atoms. The number of rotatable bonds is 0. The zero-order chi connectivity index (χ0) is 7.52. The maximum atomic E-state index is 3.35. The zero-order valence-electron chi connectivity index (χ0n) is 6.43. The molecule has 2 heteroatoms. The molecular weight excluding hydrogens is 136 g/mol. The van der Waals surface area contributed by atoms with Crippen molar-refractivity contribution in [2.75, 3.05) is 6.54 Å². The number of nitrogens with one attached hydrogen (secondary N) is 2. The fourth-order valence-corrected chi connectivity index (χ4v) is 1.40. The SMILES string of the molecule is C1=CNC2=C(C=C1)NCCC2. The van der Waals surface area contributed by atoms with Crippen LogP contribution in [0.15, 0.2) is 35.8 Å². The second-order valence-corrected chi connectivity index (χ2v) is 2.79. The molecule has 0 radical (unpaired) electrons. The predicted molar refractivity (Wildman–Crippen MR) is 45.7 cm³/mol. The standard InChI is InChI=1S/C9H12N2/c1-2-6-10-9-5-3-7-11-8(9)4-1/h1-2,4,6,10-11H,3,5,7H2. The maximum absolute atomic E-state index is 3.35. The minimum atomic E-state index is 1.10. The molecule has 0 aromatic rings. The Kier molecular flexibility index (Phi) is 1.68. The first kappa shape index (κ1) is 6.53. The van der Waals surface area contributed by atoms with Gasteiger partial charge in [-0.3, -0.25) is 0 Å². The fourth-order valence-electron chi connectivity index (χ4n) is 1.40. The van der Waals surface area contributed by atoms with Crippen molar-refractivity contribution in [1.82, 2.24) is 10.6 Å². The largest absolute Gasteiger partial charge is 0.384 e. The molecule has 0 aromatic carbocycles. The van der Waals surface area contributed by atoms with E-state index in [1.807, 2.05) is 18.4 Å². The third-order valence-electron chi connectivity index (χ3n) is 1.97. The van der Waals surface area contributed by atoms with Crippen molar-refractivity contribution in [3.05, 3.63) is 35.8 Å². The molecule has 0 saturated heterocycles. The van der Waals surface area contributed by atoms with E-state index in [0.29, 0.717) is 0 Å². The van der Waals surface area contributed by atoms with Gasteiger partial charge in [-0.25, -0.2) is 0 Å². The van der Waals surface area contributed by atoms with Gasteiger partial charge in [-0.1, -0.05) is 6.08 Å². The average Bonchev–Trinajstić information content (AvgIpc) is 2.28. The molecule has 0 aliphatic carbocycles. The highest BCUT2D eigenvalue weighted by atomic mass is 15.0. The Morgan fingerprint density at radius 3 is 3.27 bits per heavy atom. The molecule has 2 rings (SSSR count). The van der Waals surface area contributed by atoms with Gasteiger partial charge >= 0.3 is 0 Å². The Morgan fingerprint density at radius 2 is 2.27 bits per heavy atom. The van der Waals surface area contributed by atoms with E-state index in [1.54, 1.807) is 0 Å². The smallest absolute Gasteiger partial charge is 0.0536 e. The molecule has 2 aliphatic heterocycles. The van der Waals surface area contributed by atoms with Gasteiger partial charge in [-0.2, -0.15) is 0 Å². The first-order valence-corrected chi connectivity index (χ1v) is 4.03. The van der Waals surface area contributed by atoms with Crippen LogP contribution in [0.3, 0.4) is 0 Å². The summed E-state index contributed by atoms with van der Waals surface area (Å²) < 4.78 is 0. The molecule has 58 valence electrons. The molecule has 0 saturated carbocycles. The third-order valence-corrected chi connectivity index (χ3v) is 1.97. The highest BCUT2D eigenvalue weighted by Crippen LogP contribution is 2.14. The Bertz CT molecular complexity index is 236. The molecule has 0 unspecified atom stereocenters. The van der Waals surface area contributed by atoms with Crippen LogP contribution in [-0.2, 0) is 0 Å². The molecule has 2 heterocycles. The summed E-state index contributed by atoms with van der Waals surface area (Å²) in [6.45, 7) is 1.10. The van der Waals surface area contributed by atoms with Gasteiger partial charge < -0.3 is 10.6 Å². The van der Waals surface area contributed by atoms with Gasteiger partial charge in [-0.15, -0.1) is 0 Å². The van der Waals surface area contributed by atoms with Crippen molar-refractivity contribution < 1.29 is 0 Å². The van der Waals surface area contributed by atoms with Crippen LogP contribution in [0.4, 0.5) is 0 Å². The van der Waals surface area contributed by atoms with Crippen LogP contribution in [-0.4, -0.2) is 6.54 Å². The molecule has 0 fully saturated rings. The van der Waals surface area contributed by atoms with Crippen molar-refractivity contribution in [1.29, 1.82) is 0 Å². The summed E-state index contributed by atoms with van der Waals surface area (Å²) in [6, 6.07) is 0. The van der Waals surface area contributed by atoms with Gasteiger partial charge in [0, 0.05) is 18.4 Å². The third kappa shape index (κ3) is 1.29. The zero-order valence-corrected chi connectivity index (χ0v) is 6.43. The van der Waals surface area contributed by atoms with E-state index in [4.69, 9.17) is 0 Å². The van der Waals surface area contributed by atoms with Crippen LogP contribution in [0, 0.1) is 0 Å². The molecule has 2 aliphatic rings. The Balaban J connectivity index is 2.26. The van der Waals surface area contributed by atoms with E-state index >= 15 is 0 Å². The minimum absolute atomic E-state index is 1.10. The van der Waals surface area contributed by atoms with Crippen molar-refractivity contribution in [2.24, 2.45) is 0 Å². The average molecular weight is 148 g/mol. The summed E-state index contributed by atoms with van der Waals surface area (Å²) in [5, 5.41) is 6.61. The lowest BCUT2D eigenvalue weighted by Gasteiger charge is -2.18. The maximum Gasteiger partial charge on any atom is 0.0536 e. The van der Waals surface area contributed by atoms with Crippen LogP contribution < -0.4 is 10.6 Å². The summed E-state index contributed by atoms with van der Waals surface area (Å²) in [7, 11) is 0. The topological polar surface area (TPSA) is 24.1 Å². The van der Waals surface area contributed by atoms with Crippen LogP contribution in [0.1, 0.15) is 12.8 Å². The quantitative estimate of drug-likeness (QED) is 0.540. The monoisotopic (exact) mass is 148 g/mol.